The van der Waals surface area contributed by atoms with Crippen LogP contribution in [0.5, 0.6) is 0 Å². The summed E-state index contributed by atoms with van der Waals surface area (Å²) in [6.45, 7) is -0.121. The molecule has 0 heterocycles. The molecule has 10 heteroatoms. The lowest BCUT2D eigenvalue weighted by atomic mass is 10.1. The average molecular weight is 483 g/mol. The van der Waals surface area contributed by atoms with Crippen molar-refractivity contribution in [2.45, 2.75) is 31.6 Å². The van der Waals surface area contributed by atoms with Gasteiger partial charge >= 0.3 is 12.1 Å². The van der Waals surface area contributed by atoms with E-state index in [9.17, 15) is 19.5 Å². The second kappa shape index (κ2) is 12.9. The Hall–Kier alpha value is -2.81. The maximum atomic E-state index is 12.3. The Morgan fingerprint density at radius 3 is 2.47 bits per heavy atom. The normalized spacial score (nSPS) is 12.4. The van der Waals surface area contributed by atoms with Gasteiger partial charge in [0.2, 0.25) is 5.91 Å². The minimum absolute atomic E-state index is 0.0779. The lowest BCUT2D eigenvalue weighted by Crippen LogP contribution is -2.45. The van der Waals surface area contributed by atoms with Crippen LogP contribution in [0.3, 0.4) is 0 Å². The van der Waals surface area contributed by atoms with Crippen LogP contribution in [-0.4, -0.2) is 48.9 Å². The summed E-state index contributed by atoms with van der Waals surface area (Å²) < 4.78 is 9.77. The van der Waals surface area contributed by atoms with Gasteiger partial charge < -0.3 is 25.2 Å². The molecule has 0 aliphatic carbocycles. The van der Waals surface area contributed by atoms with Crippen molar-refractivity contribution in [1.82, 2.24) is 10.6 Å². The number of methoxy groups -OCH3 is 1. The number of rotatable bonds is 10. The van der Waals surface area contributed by atoms with Crippen molar-refractivity contribution in [3.05, 3.63) is 69.7 Å². The number of benzene rings is 2. The first kappa shape index (κ1) is 25.5. The lowest BCUT2D eigenvalue weighted by molar-refractivity contribution is -0.145. The first-order chi connectivity index (χ1) is 15.3. The van der Waals surface area contributed by atoms with Gasteiger partial charge in [-0.15, -0.1) is 0 Å². The number of carbonyl (C=O) groups is 3. The van der Waals surface area contributed by atoms with Gasteiger partial charge in [-0.05, 0) is 23.3 Å². The Morgan fingerprint density at radius 2 is 1.81 bits per heavy atom. The van der Waals surface area contributed by atoms with Gasteiger partial charge in [-0.2, -0.15) is 0 Å². The molecular weight excluding hydrogens is 459 g/mol. The largest absolute Gasteiger partial charge is 0.467 e. The maximum Gasteiger partial charge on any atom is 0.407 e. The number of amides is 2. The summed E-state index contributed by atoms with van der Waals surface area (Å²) in [5, 5.41) is 15.7. The first-order valence-electron chi connectivity index (χ1n) is 9.72. The number of hydrogen-bond donors (Lipinski definition) is 3. The fourth-order valence-electron chi connectivity index (χ4n) is 2.76. The third kappa shape index (κ3) is 8.74. The van der Waals surface area contributed by atoms with Crippen LogP contribution in [0.15, 0.2) is 48.5 Å². The van der Waals surface area contributed by atoms with E-state index in [-0.39, 0.29) is 26.0 Å². The van der Waals surface area contributed by atoms with Crippen molar-refractivity contribution < 1.29 is 29.0 Å². The third-order valence-corrected chi connectivity index (χ3v) is 4.96. The highest BCUT2D eigenvalue weighted by Gasteiger charge is 2.24. The molecule has 0 aliphatic heterocycles. The number of hydrogen-bond acceptors (Lipinski definition) is 6. The van der Waals surface area contributed by atoms with Crippen LogP contribution in [0.25, 0.3) is 0 Å². The summed E-state index contributed by atoms with van der Waals surface area (Å²) in [6.07, 6.45) is -2.18. The molecule has 2 atom stereocenters. The lowest BCUT2D eigenvalue weighted by Gasteiger charge is -2.19. The molecule has 0 saturated heterocycles. The van der Waals surface area contributed by atoms with Crippen LogP contribution in [0.4, 0.5) is 4.79 Å². The molecule has 2 aromatic rings. The van der Waals surface area contributed by atoms with E-state index in [1.807, 2.05) is 18.2 Å². The van der Waals surface area contributed by atoms with E-state index in [0.29, 0.717) is 15.6 Å². The molecule has 0 saturated carbocycles. The zero-order valence-corrected chi connectivity index (χ0v) is 18.9. The Balaban J connectivity index is 1.80. The highest BCUT2D eigenvalue weighted by molar-refractivity contribution is 6.35. The van der Waals surface area contributed by atoms with Gasteiger partial charge in [0.25, 0.3) is 0 Å². The fourth-order valence-corrected chi connectivity index (χ4v) is 3.24. The molecule has 172 valence electrons. The predicted octanol–water partition coefficient (Wildman–Crippen LogP) is 2.87. The van der Waals surface area contributed by atoms with Crippen LogP contribution in [0.2, 0.25) is 10.0 Å². The van der Waals surface area contributed by atoms with Crippen molar-refractivity contribution >= 4 is 41.2 Å². The van der Waals surface area contributed by atoms with E-state index in [1.165, 1.54) is 13.2 Å². The summed E-state index contributed by atoms with van der Waals surface area (Å²) in [4.78, 5) is 36.1. The molecule has 0 unspecified atom stereocenters. The molecule has 2 rings (SSSR count). The molecule has 2 aromatic carbocycles. The quantitative estimate of drug-likeness (QED) is 0.448. The van der Waals surface area contributed by atoms with E-state index in [1.54, 1.807) is 24.3 Å². The van der Waals surface area contributed by atoms with Crippen molar-refractivity contribution in [3.8, 4) is 0 Å². The Labute approximate surface area is 195 Å². The average Bonchev–Trinajstić information content (AvgIpc) is 2.77. The first-order valence-corrected chi connectivity index (χ1v) is 10.5. The highest BCUT2D eigenvalue weighted by atomic mass is 35.5. The van der Waals surface area contributed by atoms with E-state index in [4.69, 9.17) is 32.7 Å². The number of ether oxygens (including phenoxy) is 2. The molecule has 2 amide bonds. The van der Waals surface area contributed by atoms with Gasteiger partial charge in [-0.3, -0.25) is 4.79 Å². The SMILES string of the molecule is COC(=O)[C@@H](Cc1ccc(Cl)cc1Cl)NC(=O)C[C@@H](O)CNC(=O)OCc1ccccc1. The monoisotopic (exact) mass is 482 g/mol. The molecular formula is C22H24Cl2N2O6. The number of esters is 1. The van der Waals surface area contributed by atoms with Gasteiger partial charge in [0.15, 0.2) is 0 Å². The second-order valence-corrected chi connectivity index (χ2v) is 7.73. The highest BCUT2D eigenvalue weighted by Crippen LogP contribution is 2.22. The summed E-state index contributed by atoms with van der Waals surface area (Å²) in [5.41, 5.74) is 1.41. The standard InChI is InChI=1S/C22H24Cl2N2O6/c1-31-21(29)19(9-15-7-8-16(23)10-18(15)24)26-20(28)11-17(27)12-25-22(30)32-13-14-5-3-2-4-6-14/h2-8,10,17,19,27H,9,11-13H2,1H3,(H,25,30)(H,26,28)/t17-,19-/m1/s1. The van der Waals surface area contributed by atoms with E-state index >= 15 is 0 Å². The Morgan fingerprint density at radius 1 is 1.09 bits per heavy atom. The van der Waals surface area contributed by atoms with Crippen molar-refractivity contribution in [3.63, 3.8) is 0 Å². The maximum absolute atomic E-state index is 12.3. The molecule has 0 aliphatic rings. The number of carbonyl (C=O) groups excluding carboxylic acids is 3. The van der Waals surface area contributed by atoms with Crippen molar-refractivity contribution in [2.24, 2.45) is 0 Å². The minimum Gasteiger partial charge on any atom is -0.467 e. The zero-order valence-electron chi connectivity index (χ0n) is 17.3. The molecule has 0 fully saturated rings. The van der Waals surface area contributed by atoms with E-state index < -0.39 is 30.1 Å². The van der Waals surface area contributed by atoms with Crippen LogP contribution in [-0.2, 0) is 32.1 Å². The van der Waals surface area contributed by atoms with Crippen LogP contribution >= 0.6 is 23.2 Å². The summed E-state index contributed by atoms with van der Waals surface area (Å²) in [6, 6.07) is 12.9. The molecule has 8 nitrogen and oxygen atoms in total. The Bertz CT molecular complexity index is 926. The number of aliphatic hydroxyl groups excluding tert-OH is 1. The zero-order chi connectivity index (χ0) is 23.5. The molecule has 0 spiro atoms. The summed E-state index contributed by atoms with van der Waals surface area (Å²) in [7, 11) is 1.20. The van der Waals surface area contributed by atoms with Gasteiger partial charge in [-0.1, -0.05) is 59.6 Å². The van der Waals surface area contributed by atoms with E-state index in [0.717, 1.165) is 5.56 Å². The molecule has 32 heavy (non-hydrogen) atoms. The van der Waals surface area contributed by atoms with Crippen LogP contribution in [0, 0.1) is 0 Å². The third-order valence-electron chi connectivity index (χ3n) is 4.38. The molecule has 0 aromatic heterocycles. The van der Waals surface area contributed by atoms with Crippen molar-refractivity contribution in [1.29, 1.82) is 0 Å². The topological polar surface area (TPSA) is 114 Å². The molecule has 3 N–H and O–H groups in total. The predicted molar refractivity (Wildman–Crippen MR) is 119 cm³/mol. The van der Waals surface area contributed by atoms with Crippen LogP contribution < -0.4 is 10.6 Å². The number of aliphatic hydroxyl groups is 1. The summed E-state index contributed by atoms with van der Waals surface area (Å²) in [5.74, 6) is -1.26. The van der Waals surface area contributed by atoms with Gasteiger partial charge in [0.1, 0.15) is 12.6 Å². The smallest absolute Gasteiger partial charge is 0.407 e. The molecule has 0 radical (unpaired) electrons. The molecule has 0 bridgehead atoms. The van der Waals surface area contributed by atoms with E-state index in [2.05, 4.69) is 10.6 Å². The number of alkyl carbamates (subject to hydrolysis) is 1. The van der Waals surface area contributed by atoms with Crippen LogP contribution in [0.1, 0.15) is 17.5 Å². The van der Waals surface area contributed by atoms with Gasteiger partial charge in [0, 0.05) is 23.0 Å². The number of halogens is 2. The fraction of sp³-hybridized carbons (Fsp3) is 0.318. The van der Waals surface area contributed by atoms with Gasteiger partial charge in [0.05, 0.1) is 19.6 Å². The minimum atomic E-state index is -1.18. The summed E-state index contributed by atoms with van der Waals surface area (Å²) >= 11 is 12.0. The van der Waals surface area contributed by atoms with Crippen molar-refractivity contribution in [2.75, 3.05) is 13.7 Å². The van der Waals surface area contributed by atoms with Gasteiger partial charge in [-0.25, -0.2) is 9.59 Å². The number of nitrogens with one attached hydrogen (secondary N) is 2. The Kier molecular flexibility index (Phi) is 10.3. The second-order valence-electron chi connectivity index (χ2n) is 6.88.